The van der Waals surface area contributed by atoms with E-state index in [0.717, 1.165) is 0 Å². The van der Waals surface area contributed by atoms with Crippen LogP contribution >= 0.6 is 0 Å². The van der Waals surface area contributed by atoms with E-state index in [0.29, 0.717) is 38.8 Å². The standard InChI is InChI=1S/C20H37N3O6/c1-19(2,3)28-17(26)21-11-8-7-9-15(22-18(27)29-20(4,5)6)16(25)23-12-10-14(24)13-23/h14-15,24H,7-13H2,1-6H3,(H,21,26)(H,22,27)/t14?,15-/m0/s1. The molecule has 0 aromatic rings. The highest BCUT2D eigenvalue weighted by molar-refractivity contribution is 5.86. The topological polar surface area (TPSA) is 117 Å². The van der Waals surface area contributed by atoms with Gasteiger partial charge in [0, 0.05) is 19.6 Å². The van der Waals surface area contributed by atoms with E-state index >= 15 is 0 Å². The van der Waals surface area contributed by atoms with E-state index in [1.807, 2.05) is 0 Å². The number of unbranched alkanes of at least 4 members (excludes halogenated alkanes) is 1. The van der Waals surface area contributed by atoms with E-state index in [1.165, 1.54) is 0 Å². The third kappa shape index (κ3) is 10.9. The van der Waals surface area contributed by atoms with E-state index in [4.69, 9.17) is 9.47 Å². The van der Waals surface area contributed by atoms with E-state index in [1.54, 1.807) is 46.4 Å². The molecule has 3 amide bonds. The van der Waals surface area contributed by atoms with Crippen LogP contribution in [0.3, 0.4) is 0 Å². The first-order valence-electron chi connectivity index (χ1n) is 10.2. The van der Waals surface area contributed by atoms with Crippen molar-refractivity contribution in [2.24, 2.45) is 0 Å². The summed E-state index contributed by atoms with van der Waals surface area (Å²) in [6.45, 7) is 11.8. The van der Waals surface area contributed by atoms with Gasteiger partial charge in [0.05, 0.1) is 6.10 Å². The van der Waals surface area contributed by atoms with Gasteiger partial charge in [0.15, 0.2) is 0 Å². The van der Waals surface area contributed by atoms with Gasteiger partial charge in [-0.3, -0.25) is 4.79 Å². The molecular formula is C20H37N3O6. The zero-order chi connectivity index (χ0) is 22.2. The maximum absolute atomic E-state index is 12.8. The van der Waals surface area contributed by atoms with Crippen molar-refractivity contribution < 1.29 is 29.0 Å². The van der Waals surface area contributed by atoms with Gasteiger partial charge in [0.1, 0.15) is 17.2 Å². The minimum atomic E-state index is -0.739. The first-order valence-corrected chi connectivity index (χ1v) is 10.2. The molecule has 1 aliphatic heterocycles. The van der Waals surface area contributed by atoms with Gasteiger partial charge in [-0.05, 0) is 67.2 Å². The molecule has 1 heterocycles. The van der Waals surface area contributed by atoms with Crippen LogP contribution in [0.5, 0.6) is 0 Å². The molecule has 1 aliphatic rings. The molecule has 1 saturated heterocycles. The Hall–Kier alpha value is -2.03. The largest absolute Gasteiger partial charge is 0.444 e. The van der Waals surface area contributed by atoms with Crippen LogP contribution < -0.4 is 10.6 Å². The van der Waals surface area contributed by atoms with Crippen molar-refractivity contribution in [3.05, 3.63) is 0 Å². The maximum Gasteiger partial charge on any atom is 0.408 e. The molecule has 0 aromatic heterocycles. The van der Waals surface area contributed by atoms with Crippen LogP contribution in [0.2, 0.25) is 0 Å². The third-order valence-electron chi connectivity index (χ3n) is 4.05. The number of aliphatic hydroxyl groups is 1. The van der Waals surface area contributed by atoms with Crippen molar-refractivity contribution in [2.75, 3.05) is 19.6 Å². The lowest BCUT2D eigenvalue weighted by Crippen LogP contribution is -2.49. The Bertz CT molecular complexity index is 568. The number of β-amino-alcohol motifs (C(OH)–C–C–N with tert-alkyl or cyclic N) is 1. The van der Waals surface area contributed by atoms with Gasteiger partial charge >= 0.3 is 12.2 Å². The summed E-state index contributed by atoms with van der Waals surface area (Å²) in [6.07, 6.45) is 0.510. The van der Waals surface area contributed by atoms with Crippen molar-refractivity contribution in [3.63, 3.8) is 0 Å². The molecule has 0 saturated carbocycles. The van der Waals surface area contributed by atoms with Gasteiger partial charge in [-0.25, -0.2) is 9.59 Å². The molecule has 1 fully saturated rings. The number of aliphatic hydroxyl groups excluding tert-OH is 1. The molecule has 1 unspecified atom stereocenters. The number of carbonyl (C=O) groups excluding carboxylic acids is 3. The number of rotatable bonds is 7. The van der Waals surface area contributed by atoms with E-state index < -0.39 is 35.5 Å². The van der Waals surface area contributed by atoms with Crippen LogP contribution in [0.4, 0.5) is 9.59 Å². The van der Waals surface area contributed by atoms with Crippen molar-refractivity contribution >= 4 is 18.1 Å². The number of carbonyl (C=O) groups is 3. The Morgan fingerprint density at radius 3 is 2.14 bits per heavy atom. The zero-order valence-corrected chi connectivity index (χ0v) is 18.5. The fourth-order valence-corrected chi connectivity index (χ4v) is 2.85. The van der Waals surface area contributed by atoms with Crippen molar-refractivity contribution in [1.29, 1.82) is 0 Å². The van der Waals surface area contributed by atoms with Gasteiger partial charge in [-0.15, -0.1) is 0 Å². The molecular weight excluding hydrogens is 378 g/mol. The monoisotopic (exact) mass is 415 g/mol. The SMILES string of the molecule is CC(C)(C)OC(=O)NCCCC[C@H](NC(=O)OC(C)(C)C)C(=O)N1CCC(O)C1. The normalized spacial score (nSPS) is 18.2. The molecule has 0 spiro atoms. The van der Waals surface area contributed by atoms with Gasteiger partial charge in [0.2, 0.25) is 5.91 Å². The number of nitrogens with zero attached hydrogens (tertiary/aromatic N) is 1. The number of likely N-dealkylation sites (tertiary alicyclic amines) is 1. The summed E-state index contributed by atoms with van der Waals surface area (Å²) in [6, 6.07) is -0.739. The summed E-state index contributed by atoms with van der Waals surface area (Å²) in [5.41, 5.74) is -1.22. The smallest absolute Gasteiger partial charge is 0.408 e. The summed E-state index contributed by atoms with van der Waals surface area (Å²) in [5, 5.41) is 15.0. The highest BCUT2D eigenvalue weighted by atomic mass is 16.6. The van der Waals surface area contributed by atoms with Gasteiger partial charge in [-0.2, -0.15) is 0 Å². The number of ether oxygens (including phenoxy) is 2. The molecule has 9 nitrogen and oxygen atoms in total. The maximum atomic E-state index is 12.8. The predicted molar refractivity (Wildman–Crippen MR) is 108 cm³/mol. The van der Waals surface area contributed by atoms with Gasteiger partial charge in [-0.1, -0.05) is 0 Å². The van der Waals surface area contributed by atoms with Crippen LogP contribution in [-0.2, 0) is 14.3 Å². The lowest BCUT2D eigenvalue weighted by Gasteiger charge is -2.26. The summed E-state index contributed by atoms with van der Waals surface area (Å²) < 4.78 is 10.4. The Labute approximate surface area is 173 Å². The highest BCUT2D eigenvalue weighted by Gasteiger charge is 2.31. The molecule has 0 aliphatic carbocycles. The Morgan fingerprint density at radius 2 is 1.62 bits per heavy atom. The Kier molecular flexibility index (Phi) is 9.19. The fourth-order valence-electron chi connectivity index (χ4n) is 2.85. The summed E-state index contributed by atoms with van der Waals surface area (Å²) in [5.74, 6) is -0.229. The molecule has 0 bridgehead atoms. The lowest BCUT2D eigenvalue weighted by atomic mass is 10.1. The van der Waals surface area contributed by atoms with Crippen LogP contribution in [0.15, 0.2) is 0 Å². The first-order chi connectivity index (χ1) is 13.3. The van der Waals surface area contributed by atoms with Crippen LogP contribution in [-0.4, -0.2) is 71.1 Å². The third-order valence-corrected chi connectivity index (χ3v) is 4.05. The second kappa shape index (κ2) is 10.7. The van der Waals surface area contributed by atoms with Crippen LogP contribution in [0, 0.1) is 0 Å². The lowest BCUT2D eigenvalue weighted by molar-refractivity contribution is -0.133. The quantitative estimate of drug-likeness (QED) is 0.549. The summed E-state index contributed by atoms with van der Waals surface area (Å²) in [4.78, 5) is 38.1. The highest BCUT2D eigenvalue weighted by Crippen LogP contribution is 2.14. The van der Waals surface area contributed by atoms with Crippen molar-refractivity contribution in [1.82, 2.24) is 15.5 Å². The van der Waals surface area contributed by atoms with Crippen LogP contribution in [0.1, 0.15) is 67.2 Å². The van der Waals surface area contributed by atoms with E-state index in [2.05, 4.69) is 10.6 Å². The average molecular weight is 416 g/mol. The minimum absolute atomic E-state index is 0.229. The van der Waals surface area contributed by atoms with E-state index in [9.17, 15) is 19.5 Å². The Morgan fingerprint density at radius 1 is 1.03 bits per heavy atom. The first kappa shape index (κ1) is 25.0. The predicted octanol–water partition coefficient (Wildman–Crippen LogP) is 2.17. The fraction of sp³-hybridized carbons (Fsp3) is 0.850. The number of hydrogen-bond donors (Lipinski definition) is 3. The number of hydrogen-bond acceptors (Lipinski definition) is 6. The van der Waals surface area contributed by atoms with Crippen molar-refractivity contribution in [3.8, 4) is 0 Å². The molecule has 168 valence electrons. The zero-order valence-electron chi connectivity index (χ0n) is 18.5. The second-order valence-corrected chi connectivity index (χ2v) is 9.35. The minimum Gasteiger partial charge on any atom is -0.444 e. The van der Waals surface area contributed by atoms with Gasteiger partial charge in [0.25, 0.3) is 0 Å². The molecule has 0 radical (unpaired) electrons. The summed E-state index contributed by atoms with van der Waals surface area (Å²) >= 11 is 0. The molecule has 9 heteroatoms. The van der Waals surface area contributed by atoms with E-state index in [-0.39, 0.29) is 12.5 Å². The molecule has 1 rings (SSSR count). The van der Waals surface area contributed by atoms with Gasteiger partial charge < -0.3 is 30.1 Å². The van der Waals surface area contributed by atoms with Crippen LogP contribution in [0.25, 0.3) is 0 Å². The second-order valence-electron chi connectivity index (χ2n) is 9.35. The molecule has 29 heavy (non-hydrogen) atoms. The molecule has 2 atom stereocenters. The molecule has 3 N–H and O–H groups in total. The number of amides is 3. The molecule has 0 aromatic carbocycles. The average Bonchev–Trinajstić information content (AvgIpc) is 2.95. The number of nitrogens with one attached hydrogen (secondary N) is 2. The van der Waals surface area contributed by atoms with Crippen molar-refractivity contribution in [2.45, 2.75) is 90.6 Å². The number of alkyl carbamates (subject to hydrolysis) is 2. The Balaban J connectivity index is 2.52. The summed E-state index contributed by atoms with van der Waals surface area (Å²) in [7, 11) is 0.